The first-order valence-electron chi connectivity index (χ1n) is 8.54. The van der Waals surface area contributed by atoms with Gasteiger partial charge in [-0.05, 0) is 13.8 Å². The molecule has 1 N–H and O–H groups in total. The number of aromatic nitrogens is 2. The third-order valence-electron chi connectivity index (χ3n) is 4.57. The summed E-state index contributed by atoms with van der Waals surface area (Å²) in [4.78, 5) is 2.36. The summed E-state index contributed by atoms with van der Waals surface area (Å²) in [6, 6.07) is 19.6. The highest BCUT2D eigenvalue weighted by atomic mass is 15.3. The Labute approximate surface area is 142 Å². The Morgan fingerprint density at radius 2 is 1.46 bits per heavy atom. The average Bonchev–Trinajstić information content (AvgIpc) is 2.60. The van der Waals surface area contributed by atoms with Crippen LogP contribution in [0, 0.1) is 0 Å². The van der Waals surface area contributed by atoms with Gasteiger partial charge in [0.1, 0.15) is 5.69 Å². The normalized spacial score (nSPS) is 21.2. The van der Waals surface area contributed by atoms with E-state index in [9.17, 15) is 0 Å². The van der Waals surface area contributed by atoms with Crippen molar-refractivity contribution < 1.29 is 0 Å². The predicted molar refractivity (Wildman–Crippen MR) is 99.2 cm³/mol. The Kier molecular flexibility index (Phi) is 3.90. The van der Waals surface area contributed by atoms with Crippen LogP contribution >= 0.6 is 0 Å². The second kappa shape index (κ2) is 6.21. The second-order valence-corrected chi connectivity index (χ2v) is 6.66. The molecule has 4 heteroatoms. The maximum Gasteiger partial charge on any atom is 0.159 e. The van der Waals surface area contributed by atoms with Crippen LogP contribution in [0.2, 0.25) is 0 Å². The summed E-state index contributed by atoms with van der Waals surface area (Å²) in [7, 11) is 0. The van der Waals surface area contributed by atoms with Gasteiger partial charge in [0.2, 0.25) is 0 Å². The minimum Gasteiger partial charge on any atom is -0.352 e. The van der Waals surface area contributed by atoms with Crippen LogP contribution in [0.15, 0.2) is 54.6 Å². The number of anilines is 1. The molecule has 122 valence electrons. The van der Waals surface area contributed by atoms with E-state index in [1.54, 1.807) is 0 Å². The number of benzene rings is 2. The number of piperazine rings is 1. The molecule has 0 spiro atoms. The first-order chi connectivity index (χ1) is 11.7. The SMILES string of the molecule is C[C@@H]1CN(c2nnc(-c3ccccc3)c3ccccc23)C[C@H](C)N1. The Hall–Kier alpha value is -2.46. The van der Waals surface area contributed by atoms with Gasteiger partial charge in [-0.1, -0.05) is 54.6 Å². The van der Waals surface area contributed by atoms with Gasteiger partial charge < -0.3 is 10.2 Å². The molecule has 1 aliphatic rings. The maximum atomic E-state index is 4.62. The van der Waals surface area contributed by atoms with Gasteiger partial charge in [0.25, 0.3) is 0 Å². The molecular formula is C20H22N4. The average molecular weight is 318 g/mol. The fourth-order valence-corrected chi connectivity index (χ4v) is 3.63. The lowest BCUT2D eigenvalue weighted by Crippen LogP contribution is -2.54. The fraction of sp³-hybridized carbons (Fsp3) is 0.300. The molecule has 1 fully saturated rings. The van der Waals surface area contributed by atoms with Crippen molar-refractivity contribution >= 4 is 16.6 Å². The molecule has 0 saturated carbocycles. The predicted octanol–water partition coefficient (Wildman–Crippen LogP) is 3.48. The minimum atomic E-state index is 0.447. The zero-order valence-electron chi connectivity index (χ0n) is 14.1. The summed E-state index contributed by atoms with van der Waals surface area (Å²) in [6.07, 6.45) is 0. The van der Waals surface area contributed by atoms with Gasteiger partial charge in [0, 0.05) is 41.5 Å². The molecule has 2 heterocycles. The van der Waals surface area contributed by atoms with Gasteiger partial charge >= 0.3 is 0 Å². The largest absolute Gasteiger partial charge is 0.352 e. The Morgan fingerprint density at radius 1 is 0.833 bits per heavy atom. The summed E-state index contributed by atoms with van der Waals surface area (Å²) >= 11 is 0. The Bertz CT molecular complexity index is 837. The van der Waals surface area contributed by atoms with Crippen LogP contribution in [0.5, 0.6) is 0 Å². The highest BCUT2D eigenvalue weighted by Gasteiger charge is 2.24. The number of rotatable bonds is 2. The van der Waals surface area contributed by atoms with E-state index in [0.717, 1.165) is 35.6 Å². The van der Waals surface area contributed by atoms with Crippen molar-refractivity contribution in [1.29, 1.82) is 0 Å². The number of nitrogens with one attached hydrogen (secondary N) is 1. The van der Waals surface area contributed by atoms with Gasteiger partial charge in [-0.2, -0.15) is 0 Å². The lowest BCUT2D eigenvalue weighted by molar-refractivity contribution is 0.405. The molecule has 24 heavy (non-hydrogen) atoms. The molecular weight excluding hydrogens is 296 g/mol. The van der Waals surface area contributed by atoms with E-state index >= 15 is 0 Å². The van der Waals surface area contributed by atoms with E-state index in [1.807, 2.05) is 18.2 Å². The van der Waals surface area contributed by atoms with Crippen molar-refractivity contribution in [2.75, 3.05) is 18.0 Å². The highest BCUT2D eigenvalue weighted by molar-refractivity contribution is 6.00. The monoisotopic (exact) mass is 318 g/mol. The molecule has 3 aromatic rings. The van der Waals surface area contributed by atoms with E-state index < -0.39 is 0 Å². The van der Waals surface area contributed by atoms with Gasteiger partial charge in [-0.3, -0.25) is 0 Å². The molecule has 2 atom stereocenters. The van der Waals surface area contributed by atoms with Crippen LogP contribution in [0.1, 0.15) is 13.8 Å². The lowest BCUT2D eigenvalue weighted by Gasteiger charge is -2.37. The van der Waals surface area contributed by atoms with Crippen molar-refractivity contribution in [1.82, 2.24) is 15.5 Å². The lowest BCUT2D eigenvalue weighted by atomic mass is 10.0. The second-order valence-electron chi connectivity index (χ2n) is 6.66. The van der Waals surface area contributed by atoms with E-state index in [1.165, 1.54) is 5.39 Å². The van der Waals surface area contributed by atoms with Gasteiger partial charge in [-0.15, -0.1) is 10.2 Å². The molecule has 1 aromatic heterocycles. The standard InChI is InChI=1S/C20H22N4/c1-14-12-24(13-15(2)21-14)20-18-11-7-6-10-17(18)19(22-23-20)16-8-4-3-5-9-16/h3-11,14-15,21H,12-13H2,1-2H3/t14-,15+. The molecule has 0 bridgehead atoms. The molecule has 1 aliphatic heterocycles. The molecule has 2 aromatic carbocycles. The summed E-state index contributed by atoms with van der Waals surface area (Å²) in [5.74, 6) is 0.991. The van der Waals surface area contributed by atoms with Gasteiger partial charge in [-0.25, -0.2) is 0 Å². The minimum absolute atomic E-state index is 0.447. The third-order valence-corrected chi connectivity index (χ3v) is 4.57. The van der Waals surface area contributed by atoms with Gasteiger partial charge in [0.05, 0.1) is 0 Å². The van der Waals surface area contributed by atoms with Crippen molar-refractivity contribution in [3.8, 4) is 11.3 Å². The van der Waals surface area contributed by atoms with Crippen LogP contribution in [0.25, 0.3) is 22.0 Å². The van der Waals surface area contributed by atoms with E-state index in [0.29, 0.717) is 12.1 Å². The van der Waals surface area contributed by atoms with Crippen LogP contribution in [0.3, 0.4) is 0 Å². The highest BCUT2D eigenvalue weighted by Crippen LogP contribution is 2.31. The summed E-state index contributed by atoms with van der Waals surface area (Å²) in [5, 5.41) is 15.1. The molecule has 0 unspecified atom stereocenters. The Balaban J connectivity index is 1.84. The Morgan fingerprint density at radius 3 is 2.17 bits per heavy atom. The van der Waals surface area contributed by atoms with E-state index in [4.69, 9.17) is 0 Å². The topological polar surface area (TPSA) is 41.1 Å². The number of hydrogen-bond donors (Lipinski definition) is 1. The molecule has 4 nitrogen and oxygen atoms in total. The van der Waals surface area contributed by atoms with Crippen molar-refractivity contribution in [3.05, 3.63) is 54.6 Å². The molecule has 4 rings (SSSR count). The van der Waals surface area contributed by atoms with Crippen LogP contribution in [0.4, 0.5) is 5.82 Å². The maximum absolute atomic E-state index is 4.62. The number of nitrogens with zero attached hydrogens (tertiary/aromatic N) is 3. The fourth-order valence-electron chi connectivity index (χ4n) is 3.63. The molecule has 0 amide bonds. The third kappa shape index (κ3) is 2.74. The summed E-state index contributed by atoms with van der Waals surface area (Å²) in [6.45, 7) is 6.34. The molecule has 0 aliphatic carbocycles. The zero-order valence-corrected chi connectivity index (χ0v) is 14.1. The smallest absolute Gasteiger partial charge is 0.159 e. The summed E-state index contributed by atoms with van der Waals surface area (Å²) in [5.41, 5.74) is 2.06. The first-order valence-corrected chi connectivity index (χ1v) is 8.54. The molecule has 0 radical (unpaired) electrons. The number of fused-ring (bicyclic) bond motifs is 1. The first kappa shape index (κ1) is 15.1. The van der Waals surface area contributed by atoms with Crippen LogP contribution in [-0.4, -0.2) is 35.4 Å². The van der Waals surface area contributed by atoms with Crippen LogP contribution in [-0.2, 0) is 0 Å². The van der Waals surface area contributed by atoms with Crippen molar-refractivity contribution in [3.63, 3.8) is 0 Å². The molecule has 1 saturated heterocycles. The quantitative estimate of drug-likeness (QED) is 0.785. The van der Waals surface area contributed by atoms with Crippen molar-refractivity contribution in [2.24, 2.45) is 0 Å². The van der Waals surface area contributed by atoms with Crippen LogP contribution < -0.4 is 10.2 Å². The zero-order chi connectivity index (χ0) is 16.5. The van der Waals surface area contributed by atoms with Crippen molar-refractivity contribution in [2.45, 2.75) is 25.9 Å². The summed E-state index contributed by atoms with van der Waals surface area (Å²) < 4.78 is 0. The van der Waals surface area contributed by atoms with Gasteiger partial charge in [0.15, 0.2) is 5.82 Å². The number of hydrogen-bond acceptors (Lipinski definition) is 4. The van der Waals surface area contributed by atoms with E-state index in [-0.39, 0.29) is 0 Å². The van der Waals surface area contributed by atoms with E-state index in [2.05, 4.69) is 70.7 Å².